The van der Waals surface area contributed by atoms with Gasteiger partial charge in [-0.1, -0.05) is 30.3 Å². The summed E-state index contributed by atoms with van der Waals surface area (Å²) in [4.78, 5) is 17.1. The van der Waals surface area contributed by atoms with Gasteiger partial charge in [-0.3, -0.25) is 4.90 Å². The zero-order chi connectivity index (χ0) is 21.2. The first-order valence-electron chi connectivity index (χ1n) is 10.4. The van der Waals surface area contributed by atoms with Crippen molar-refractivity contribution in [2.24, 2.45) is 0 Å². The van der Waals surface area contributed by atoms with Crippen LogP contribution in [0.15, 0.2) is 48.5 Å². The molecule has 1 fully saturated rings. The third kappa shape index (κ3) is 6.64. The number of urea groups is 1. The highest BCUT2D eigenvalue weighted by molar-refractivity contribution is 5.89. The van der Waals surface area contributed by atoms with E-state index in [1.54, 1.807) is 32.4 Å². The molecular weight excluding hydrogens is 380 g/mol. The molecule has 2 aromatic rings. The van der Waals surface area contributed by atoms with Crippen LogP contribution >= 0.6 is 0 Å². The van der Waals surface area contributed by atoms with Crippen LogP contribution in [-0.4, -0.2) is 69.3 Å². The number of methoxy groups -OCH3 is 2. The third-order valence-electron chi connectivity index (χ3n) is 5.29. The van der Waals surface area contributed by atoms with Crippen molar-refractivity contribution < 1.29 is 14.3 Å². The van der Waals surface area contributed by atoms with Crippen LogP contribution in [0.5, 0.6) is 11.5 Å². The van der Waals surface area contributed by atoms with E-state index in [1.165, 1.54) is 5.56 Å². The topological polar surface area (TPSA) is 66.1 Å². The number of nitrogens with one attached hydrogen (secondary N) is 2. The average Bonchev–Trinajstić information content (AvgIpc) is 2.78. The minimum Gasteiger partial charge on any atom is -0.493 e. The Kier molecular flexibility index (Phi) is 8.35. The fraction of sp³-hybridized carbons (Fsp3) is 0.435. The summed E-state index contributed by atoms with van der Waals surface area (Å²) < 4.78 is 10.5. The van der Waals surface area contributed by atoms with E-state index in [2.05, 4.69) is 50.8 Å². The van der Waals surface area contributed by atoms with Crippen LogP contribution in [0.3, 0.4) is 0 Å². The Morgan fingerprint density at radius 3 is 2.33 bits per heavy atom. The smallest absolute Gasteiger partial charge is 0.319 e. The van der Waals surface area contributed by atoms with Gasteiger partial charge >= 0.3 is 6.03 Å². The summed E-state index contributed by atoms with van der Waals surface area (Å²) in [5.41, 5.74) is 2.04. The minimum absolute atomic E-state index is 0.213. The molecule has 0 unspecified atom stereocenters. The van der Waals surface area contributed by atoms with Crippen molar-refractivity contribution in [2.45, 2.75) is 13.0 Å². The van der Waals surface area contributed by atoms with E-state index in [1.807, 2.05) is 0 Å². The fourth-order valence-electron chi connectivity index (χ4n) is 3.61. The number of benzene rings is 2. The molecular formula is C23H32N4O3. The SMILES string of the molecule is COc1ccc(NC(=O)NCCCN2CCN(Cc3ccccc3)CC2)cc1OC. The van der Waals surface area contributed by atoms with Gasteiger partial charge in [0.2, 0.25) is 0 Å². The van der Waals surface area contributed by atoms with E-state index >= 15 is 0 Å². The zero-order valence-electron chi connectivity index (χ0n) is 17.9. The van der Waals surface area contributed by atoms with Crippen molar-refractivity contribution in [3.8, 4) is 11.5 Å². The molecule has 0 radical (unpaired) electrons. The first-order valence-corrected chi connectivity index (χ1v) is 10.4. The lowest BCUT2D eigenvalue weighted by Gasteiger charge is -2.34. The number of hydrogen-bond acceptors (Lipinski definition) is 5. The van der Waals surface area contributed by atoms with E-state index in [9.17, 15) is 4.79 Å². The molecule has 1 aliphatic heterocycles. The van der Waals surface area contributed by atoms with Crippen LogP contribution < -0.4 is 20.1 Å². The van der Waals surface area contributed by atoms with Crippen LogP contribution in [0.4, 0.5) is 10.5 Å². The number of carbonyl (C=O) groups excluding carboxylic acids is 1. The molecule has 0 aromatic heterocycles. The average molecular weight is 413 g/mol. The Labute approximate surface area is 179 Å². The normalized spacial score (nSPS) is 14.9. The Morgan fingerprint density at radius 1 is 0.933 bits per heavy atom. The Hall–Kier alpha value is -2.77. The van der Waals surface area contributed by atoms with Crippen molar-refractivity contribution in [3.05, 3.63) is 54.1 Å². The Balaban J connectivity index is 1.30. The molecule has 162 valence electrons. The van der Waals surface area contributed by atoms with Gasteiger partial charge in [0.15, 0.2) is 11.5 Å². The molecule has 1 aliphatic rings. The first-order chi connectivity index (χ1) is 14.7. The summed E-state index contributed by atoms with van der Waals surface area (Å²) in [5.74, 6) is 1.22. The number of amides is 2. The van der Waals surface area contributed by atoms with Gasteiger partial charge in [-0.25, -0.2) is 4.79 Å². The molecule has 0 bridgehead atoms. The summed E-state index contributed by atoms with van der Waals surface area (Å²) in [6.45, 7) is 6.98. The molecule has 1 heterocycles. The van der Waals surface area contributed by atoms with Gasteiger partial charge in [0.05, 0.1) is 14.2 Å². The largest absolute Gasteiger partial charge is 0.493 e. The molecule has 3 rings (SSSR count). The van der Waals surface area contributed by atoms with E-state index in [0.717, 1.165) is 45.7 Å². The maximum atomic E-state index is 12.1. The lowest BCUT2D eigenvalue weighted by Crippen LogP contribution is -2.46. The van der Waals surface area contributed by atoms with Crippen LogP contribution in [0, 0.1) is 0 Å². The summed E-state index contributed by atoms with van der Waals surface area (Å²) in [7, 11) is 3.16. The summed E-state index contributed by atoms with van der Waals surface area (Å²) >= 11 is 0. The van der Waals surface area contributed by atoms with Gasteiger partial charge in [-0.05, 0) is 30.7 Å². The van der Waals surface area contributed by atoms with Gasteiger partial charge in [0.1, 0.15) is 0 Å². The summed E-state index contributed by atoms with van der Waals surface area (Å²) in [5, 5.41) is 5.75. The number of hydrogen-bond donors (Lipinski definition) is 2. The van der Waals surface area contributed by atoms with Crippen molar-refractivity contribution in [1.82, 2.24) is 15.1 Å². The highest BCUT2D eigenvalue weighted by Gasteiger charge is 2.16. The van der Waals surface area contributed by atoms with E-state index in [4.69, 9.17) is 9.47 Å². The second kappa shape index (κ2) is 11.4. The maximum Gasteiger partial charge on any atom is 0.319 e. The molecule has 1 saturated heterocycles. The highest BCUT2D eigenvalue weighted by Crippen LogP contribution is 2.29. The molecule has 0 spiro atoms. The van der Waals surface area contributed by atoms with Gasteiger partial charge in [0.25, 0.3) is 0 Å². The third-order valence-corrected chi connectivity index (χ3v) is 5.29. The van der Waals surface area contributed by atoms with E-state index in [-0.39, 0.29) is 6.03 Å². The molecule has 7 nitrogen and oxygen atoms in total. The van der Waals surface area contributed by atoms with Crippen molar-refractivity contribution in [2.75, 3.05) is 58.8 Å². The Bertz CT molecular complexity index is 792. The monoisotopic (exact) mass is 412 g/mol. The van der Waals surface area contributed by atoms with Gasteiger partial charge in [0, 0.05) is 51.0 Å². The molecule has 30 heavy (non-hydrogen) atoms. The Morgan fingerprint density at radius 2 is 1.63 bits per heavy atom. The standard InChI is InChI=1S/C23H32N4O3/c1-29-21-10-9-20(17-22(21)30-2)25-23(28)24-11-6-12-26-13-15-27(16-14-26)18-19-7-4-3-5-8-19/h3-5,7-10,17H,6,11-16,18H2,1-2H3,(H2,24,25,28). The second-order valence-electron chi connectivity index (χ2n) is 7.41. The predicted octanol–water partition coefficient (Wildman–Crippen LogP) is 3.03. The van der Waals surface area contributed by atoms with E-state index in [0.29, 0.717) is 23.7 Å². The molecule has 2 aromatic carbocycles. The summed E-state index contributed by atoms with van der Waals surface area (Å²) in [6.07, 6.45) is 0.929. The molecule has 2 N–H and O–H groups in total. The quantitative estimate of drug-likeness (QED) is 0.620. The van der Waals surface area contributed by atoms with Crippen LogP contribution in [-0.2, 0) is 6.54 Å². The van der Waals surface area contributed by atoms with Gasteiger partial charge in [-0.15, -0.1) is 0 Å². The summed E-state index contributed by atoms with van der Waals surface area (Å²) in [6, 6.07) is 15.7. The molecule has 0 aliphatic carbocycles. The number of carbonyl (C=O) groups is 1. The van der Waals surface area contributed by atoms with Crippen LogP contribution in [0.1, 0.15) is 12.0 Å². The predicted molar refractivity (Wildman–Crippen MR) is 119 cm³/mol. The first kappa shape index (κ1) is 21.9. The number of anilines is 1. The van der Waals surface area contributed by atoms with Crippen molar-refractivity contribution in [1.29, 1.82) is 0 Å². The van der Waals surface area contributed by atoms with Gasteiger partial charge < -0.3 is 25.0 Å². The van der Waals surface area contributed by atoms with Crippen molar-refractivity contribution >= 4 is 11.7 Å². The molecule has 0 atom stereocenters. The van der Waals surface area contributed by atoms with Crippen LogP contribution in [0.25, 0.3) is 0 Å². The minimum atomic E-state index is -0.213. The lowest BCUT2D eigenvalue weighted by molar-refractivity contribution is 0.126. The van der Waals surface area contributed by atoms with Gasteiger partial charge in [-0.2, -0.15) is 0 Å². The van der Waals surface area contributed by atoms with Crippen molar-refractivity contribution in [3.63, 3.8) is 0 Å². The number of rotatable bonds is 9. The maximum absolute atomic E-state index is 12.1. The lowest BCUT2D eigenvalue weighted by atomic mass is 10.2. The zero-order valence-corrected chi connectivity index (χ0v) is 17.9. The van der Waals surface area contributed by atoms with Crippen LogP contribution in [0.2, 0.25) is 0 Å². The highest BCUT2D eigenvalue weighted by atomic mass is 16.5. The molecule has 0 saturated carbocycles. The number of piperazine rings is 1. The van der Waals surface area contributed by atoms with E-state index < -0.39 is 0 Å². The second-order valence-corrected chi connectivity index (χ2v) is 7.41. The fourth-order valence-corrected chi connectivity index (χ4v) is 3.61. The molecule has 7 heteroatoms. The number of ether oxygens (including phenoxy) is 2. The molecule has 2 amide bonds. The number of nitrogens with zero attached hydrogens (tertiary/aromatic N) is 2.